The molecule has 0 heterocycles. The van der Waals surface area contributed by atoms with Crippen molar-refractivity contribution in [1.29, 1.82) is 0 Å². The average molecular weight is 281 g/mol. The summed E-state index contributed by atoms with van der Waals surface area (Å²) in [4.78, 5) is 0. The van der Waals surface area contributed by atoms with E-state index in [2.05, 4.69) is 11.4 Å². The van der Waals surface area contributed by atoms with E-state index in [1.807, 2.05) is 54.6 Å². The highest BCUT2D eigenvalue weighted by Crippen LogP contribution is 2.27. The highest BCUT2D eigenvalue weighted by atomic mass is 16.5. The van der Waals surface area contributed by atoms with Crippen LogP contribution < -0.4 is 10.1 Å². The predicted molar refractivity (Wildman–Crippen MR) is 84.1 cm³/mol. The van der Waals surface area contributed by atoms with Crippen molar-refractivity contribution in [3.63, 3.8) is 0 Å². The molecule has 0 radical (unpaired) electrons. The fourth-order valence-electron chi connectivity index (χ4n) is 2.60. The van der Waals surface area contributed by atoms with Crippen LogP contribution in [0.2, 0.25) is 0 Å². The number of hydrogen-bond acceptors (Lipinski definition) is 3. The van der Waals surface area contributed by atoms with Gasteiger partial charge in [0.1, 0.15) is 5.75 Å². The summed E-state index contributed by atoms with van der Waals surface area (Å²) in [6.45, 7) is 0.707. The first-order chi connectivity index (χ1) is 10.3. The second-order valence-electron chi connectivity index (χ2n) is 5.19. The van der Waals surface area contributed by atoms with Gasteiger partial charge in [-0.1, -0.05) is 48.6 Å². The monoisotopic (exact) mass is 281 g/mol. The molecule has 1 aliphatic rings. The molecule has 3 heteroatoms. The molecule has 0 spiro atoms. The molecule has 2 aromatic carbocycles. The number of aliphatic hydroxyl groups is 1. The van der Waals surface area contributed by atoms with Crippen molar-refractivity contribution in [2.45, 2.75) is 18.7 Å². The normalized spacial score (nSPS) is 20.1. The van der Waals surface area contributed by atoms with Gasteiger partial charge in [-0.15, -0.1) is 0 Å². The third kappa shape index (κ3) is 2.99. The second kappa shape index (κ2) is 6.12. The Bertz CT molecular complexity index is 634. The van der Waals surface area contributed by atoms with Crippen molar-refractivity contribution in [3.05, 3.63) is 71.3 Å². The first kappa shape index (κ1) is 13.9. The molecule has 2 unspecified atom stereocenters. The minimum atomic E-state index is -0.510. The average Bonchev–Trinajstić information content (AvgIpc) is 2.55. The Labute approximate surface area is 124 Å². The van der Waals surface area contributed by atoms with E-state index in [-0.39, 0.29) is 6.04 Å². The van der Waals surface area contributed by atoms with Crippen LogP contribution in [0.1, 0.15) is 22.8 Å². The molecule has 108 valence electrons. The maximum absolute atomic E-state index is 10.4. The second-order valence-corrected chi connectivity index (χ2v) is 5.19. The lowest BCUT2D eigenvalue weighted by molar-refractivity contribution is 0.145. The summed E-state index contributed by atoms with van der Waals surface area (Å²) in [6.07, 6.45) is 3.58. The molecule has 2 aromatic rings. The van der Waals surface area contributed by atoms with Crippen molar-refractivity contribution in [2.75, 3.05) is 7.11 Å². The summed E-state index contributed by atoms with van der Waals surface area (Å²) in [5.74, 6) is 0.852. The van der Waals surface area contributed by atoms with Crippen LogP contribution in [0, 0.1) is 0 Å². The topological polar surface area (TPSA) is 41.5 Å². The van der Waals surface area contributed by atoms with Crippen LogP contribution >= 0.6 is 0 Å². The third-order valence-electron chi connectivity index (χ3n) is 3.84. The van der Waals surface area contributed by atoms with E-state index in [9.17, 15) is 5.11 Å². The Hall–Kier alpha value is -2.10. The highest BCUT2D eigenvalue weighted by Gasteiger charge is 2.23. The Morgan fingerprint density at radius 1 is 1.10 bits per heavy atom. The molecule has 3 nitrogen and oxygen atoms in total. The van der Waals surface area contributed by atoms with Gasteiger partial charge in [0.25, 0.3) is 0 Å². The van der Waals surface area contributed by atoms with Gasteiger partial charge in [-0.2, -0.15) is 0 Å². The van der Waals surface area contributed by atoms with E-state index < -0.39 is 6.10 Å². The molecular weight excluding hydrogens is 262 g/mol. The lowest BCUT2D eigenvalue weighted by Gasteiger charge is -2.26. The van der Waals surface area contributed by atoms with Crippen LogP contribution in [-0.4, -0.2) is 18.3 Å². The molecule has 0 aromatic heterocycles. The number of aliphatic hydroxyl groups excluding tert-OH is 1. The first-order valence-corrected chi connectivity index (χ1v) is 7.09. The Morgan fingerprint density at radius 3 is 2.62 bits per heavy atom. The minimum Gasteiger partial charge on any atom is -0.497 e. The first-order valence-electron chi connectivity index (χ1n) is 7.09. The summed E-state index contributed by atoms with van der Waals surface area (Å²) in [6, 6.07) is 15.8. The van der Waals surface area contributed by atoms with Crippen LogP contribution in [0.5, 0.6) is 5.75 Å². The van der Waals surface area contributed by atoms with Gasteiger partial charge in [-0.05, 0) is 28.8 Å². The SMILES string of the molecule is COc1ccc(CNC2C=Cc3ccccc3C2O)cc1. The van der Waals surface area contributed by atoms with Crippen LogP contribution in [0.4, 0.5) is 0 Å². The molecule has 0 amide bonds. The maximum atomic E-state index is 10.4. The number of methoxy groups -OCH3 is 1. The molecule has 1 aliphatic carbocycles. The van der Waals surface area contributed by atoms with Crippen molar-refractivity contribution in [3.8, 4) is 5.75 Å². The highest BCUT2D eigenvalue weighted by molar-refractivity contribution is 5.58. The zero-order valence-corrected chi connectivity index (χ0v) is 12.0. The largest absolute Gasteiger partial charge is 0.497 e. The third-order valence-corrected chi connectivity index (χ3v) is 3.84. The molecule has 0 fully saturated rings. The molecule has 0 saturated heterocycles. The van der Waals surface area contributed by atoms with Gasteiger partial charge in [-0.3, -0.25) is 0 Å². The van der Waals surface area contributed by atoms with Gasteiger partial charge in [0.2, 0.25) is 0 Å². The molecule has 2 atom stereocenters. The summed E-state index contributed by atoms with van der Waals surface area (Å²) >= 11 is 0. The number of nitrogens with one attached hydrogen (secondary N) is 1. The molecule has 0 aliphatic heterocycles. The fourth-order valence-corrected chi connectivity index (χ4v) is 2.60. The van der Waals surface area contributed by atoms with Crippen LogP contribution in [-0.2, 0) is 6.54 Å². The van der Waals surface area contributed by atoms with Crippen LogP contribution in [0.15, 0.2) is 54.6 Å². The fraction of sp³-hybridized carbons (Fsp3) is 0.222. The number of fused-ring (bicyclic) bond motifs is 1. The van der Waals surface area contributed by atoms with Crippen molar-refractivity contribution in [2.24, 2.45) is 0 Å². The quantitative estimate of drug-likeness (QED) is 0.905. The Morgan fingerprint density at radius 2 is 1.86 bits per heavy atom. The maximum Gasteiger partial charge on any atom is 0.118 e. The lowest BCUT2D eigenvalue weighted by atomic mass is 9.91. The minimum absolute atomic E-state index is 0.0676. The van der Waals surface area contributed by atoms with Crippen molar-refractivity contribution in [1.82, 2.24) is 5.32 Å². The van der Waals surface area contributed by atoms with Gasteiger partial charge in [-0.25, -0.2) is 0 Å². The van der Waals surface area contributed by atoms with Gasteiger partial charge < -0.3 is 15.2 Å². The summed E-state index contributed by atoms with van der Waals surface area (Å²) in [5, 5.41) is 13.8. The number of benzene rings is 2. The predicted octanol–water partition coefficient (Wildman–Crippen LogP) is 2.91. The van der Waals surface area contributed by atoms with Gasteiger partial charge in [0.05, 0.1) is 19.3 Å². The molecule has 2 N–H and O–H groups in total. The van der Waals surface area contributed by atoms with Gasteiger partial charge >= 0.3 is 0 Å². The summed E-state index contributed by atoms with van der Waals surface area (Å²) in [5.41, 5.74) is 3.23. The lowest BCUT2D eigenvalue weighted by Crippen LogP contribution is -2.34. The zero-order chi connectivity index (χ0) is 14.7. The van der Waals surface area contributed by atoms with Crippen molar-refractivity contribution < 1.29 is 9.84 Å². The standard InChI is InChI=1S/C18H19NO2/c1-21-15-9-6-13(7-10-15)12-19-17-11-8-14-4-2-3-5-16(14)18(17)20/h2-11,17-20H,12H2,1H3. The van der Waals surface area contributed by atoms with Crippen LogP contribution in [0.25, 0.3) is 6.08 Å². The Kier molecular flexibility index (Phi) is 4.04. The van der Waals surface area contributed by atoms with E-state index in [1.54, 1.807) is 7.11 Å². The molecule has 0 bridgehead atoms. The molecule has 0 saturated carbocycles. The zero-order valence-electron chi connectivity index (χ0n) is 12.0. The van der Waals surface area contributed by atoms with E-state index in [0.717, 1.165) is 22.4 Å². The van der Waals surface area contributed by atoms with E-state index >= 15 is 0 Å². The molecule has 3 rings (SSSR count). The summed E-state index contributed by atoms with van der Waals surface area (Å²) in [7, 11) is 1.66. The number of ether oxygens (including phenoxy) is 1. The molecular formula is C18H19NO2. The van der Waals surface area contributed by atoms with Gasteiger partial charge in [0.15, 0.2) is 0 Å². The van der Waals surface area contributed by atoms with Crippen LogP contribution in [0.3, 0.4) is 0 Å². The smallest absolute Gasteiger partial charge is 0.118 e. The van der Waals surface area contributed by atoms with E-state index in [1.165, 1.54) is 0 Å². The number of rotatable bonds is 4. The van der Waals surface area contributed by atoms with Gasteiger partial charge in [0, 0.05) is 6.54 Å². The number of hydrogen-bond donors (Lipinski definition) is 2. The van der Waals surface area contributed by atoms with E-state index in [4.69, 9.17) is 4.74 Å². The molecule has 21 heavy (non-hydrogen) atoms. The summed E-state index contributed by atoms with van der Waals surface area (Å²) < 4.78 is 5.15. The van der Waals surface area contributed by atoms with Crippen molar-refractivity contribution >= 4 is 6.08 Å². The van der Waals surface area contributed by atoms with E-state index in [0.29, 0.717) is 6.54 Å². The Balaban J connectivity index is 1.66.